The Morgan fingerprint density at radius 2 is 1.80 bits per heavy atom. The van der Waals surface area contributed by atoms with E-state index in [1.165, 1.54) is 17.2 Å². The monoisotopic (exact) mass is 481 g/mol. The molecule has 1 saturated carbocycles. The Morgan fingerprint density at radius 1 is 1.09 bits per heavy atom. The van der Waals surface area contributed by atoms with Crippen LogP contribution in [0.5, 0.6) is 0 Å². The molecule has 1 fully saturated rings. The smallest absolute Gasteiger partial charge is 0.416 e. The minimum Gasteiger partial charge on any atom is -0.463 e. The van der Waals surface area contributed by atoms with E-state index in [-0.39, 0.29) is 29.0 Å². The van der Waals surface area contributed by atoms with Crippen molar-refractivity contribution in [2.24, 2.45) is 11.0 Å². The molecule has 3 aromatic rings. The summed E-state index contributed by atoms with van der Waals surface area (Å²) in [5, 5.41) is 4.25. The SMILES string of the molecule is Cc1cc(C)cc(N2C(=O)C(/C(=N\NC(=O)C3CC3)c3ccco3)c3ccc(C(F)(F)F)cc32)c1. The molecule has 6 nitrogen and oxygen atoms in total. The van der Waals surface area contributed by atoms with Crippen molar-refractivity contribution in [2.75, 3.05) is 4.90 Å². The van der Waals surface area contributed by atoms with Crippen LogP contribution in [0.1, 0.15) is 46.8 Å². The average molecular weight is 481 g/mol. The van der Waals surface area contributed by atoms with Gasteiger partial charge in [-0.1, -0.05) is 12.1 Å². The highest BCUT2D eigenvalue weighted by Crippen LogP contribution is 2.46. The molecule has 180 valence electrons. The van der Waals surface area contributed by atoms with Gasteiger partial charge < -0.3 is 4.42 Å². The molecule has 2 heterocycles. The summed E-state index contributed by atoms with van der Waals surface area (Å²) in [5.74, 6) is -1.70. The zero-order valence-corrected chi connectivity index (χ0v) is 19.0. The number of carbonyl (C=O) groups excluding carboxylic acids is 2. The number of hydrogen-bond donors (Lipinski definition) is 1. The predicted molar refractivity (Wildman–Crippen MR) is 123 cm³/mol. The standard InChI is InChI=1S/C26H22F3N3O3/c1-14-10-15(2)12-18(11-14)32-20-13-17(26(27,28)29)7-8-19(20)22(25(32)34)23(21-4-3-9-35-21)30-31-24(33)16-5-6-16/h3-4,7-13,16,22H,5-6H2,1-2H3,(H,31,33)/b30-23-. The third kappa shape index (κ3) is 4.34. The molecule has 0 spiro atoms. The molecular formula is C26H22F3N3O3. The number of anilines is 2. The molecule has 0 bridgehead atoms. The Hall–Kier alpha value is -3.88. The summed E-state index contributed by atoms with van der Waals surface area (Å²) < 4.78 is 46.3. The second-order valence-corrected chi connectivity index (χ2v) is 8.95. The van der Waals surface area contributed by atoms with E-state index in [4.69, 9.17) is 4.42 Å². The Bertz CT molecular complexity index is 1320. The maximum Gasteiger partial charge on any atom is 0.416 e. The van der Waals surface area contributed by atoms with Crippen LogP contribution in [0, 0.1) is 19.8 Å². The summed E-state index contributed by atoms with van der Waals surface area (Å²) in [5.41, 5.74) is 4.41. The van der Waals surface area contributed by atoms with Gasteiger partial charge in [-0.15, -0.1) is 0 Å². The van der Waals surface area contributed by atoms with E-state index in [2.05, 4.69) is 10.5 Å². The van der Waals surface area contributed by atoms with Gasteiger partial charge in [0.15, 0.2) is 5.76 Å². The van der Waals surface area contributed by atoms with Crippen LogP contribution in [-0.2, 0) is 15.8 Å². The number of hydrazone groups is 1. The number of alkyl halides is 3. The number of amides is 2. The molecule has 1 aliphatic heterocycles. The highest BCUT2D eigenvalue weighted by Gasteiger charge is 2.44. The lowest BCUT2D eigenvalue weighted by Gasteiger charge is -2.20. The van der Waals surface area contributed by atoms with Gasteiger partial charge >= 0.3 is 6.18 Å². The zero-order chi connectivity index (χ0) is 24.9. The molecule has 2 aromatic carbocycles. The Balaban J connectivity index is 1.67. The highest BCUT2D eigenvalue weighted by atomic mass is 19.4. The van der Waals surface area contributed by atoms with Crippen molar-refractivity contribution in [2.45, 2.75) is 38.8 Å². The number of nitrogens with one attached hydrogen (secondary N) is 1. The summed E-state index contributed by atoms with van der Waals surface area (Å²) in [6, 6.07) is 11.8. The predicted octanol–water partition coefficient (Wildman–Crippen LogP) is 5.61. The summed E-state index contributed by atoms with van der Waals surface area (Å²) in [6.45, 7) is 3.70. The third-order valence-electron chi connectivity index (χ3n) is 6.12. The molecule has 1 atom stereocenters. The van der Waals surface area contributed by atoms with Gasteiger partial charge in [-0.05, 0) is 79.8 Å². The van der Waals surface area contributed by atoms with Gasteiger partial charge in [-0.3, -0.25) is 14.5 Å². The first-order valence-corrected chi connectivity index (χ1v) is 11.2. The molecule has 5 rings (SSSR count). The Morgan fingerprint density at radius 3 is 2.40 bits per heavy atom. The molecule has 9 heteroatoms. The van der Waals surface area contributed by atoms with Crippen molar-refractivity contribution in [3.63, 3.8) is 0 Å². The fourth-order valence-electron chi connectivity index (χ4n) is 4.39. The van der Waals surface area contributed by atoms with E-state index >= 15 is 0 Å². The van der Waals surface area contributed by atoms with Gasteiger partial charge in [0.1, 0.15) is 11.6 Å². The number of fused-ring (bicyclic) bond motifs is 1. The van der Waals surface area contributed by atoms with Crippen LogP contribution in [0.2, 0.25) is 0 Å². The Labute approximate surface area is 199 Å². The summed E-state index contributed by atoms with van der Waals surface area (Å²) in [6.07, 6.45) is -1.64. The van der Waals surface area contributed by atoms with E-state index < -0.39 is 23.6 Å². The number of furan rings is 1. The van der Waals surface area contributed by atoms with Gasteiger partial charge in [-0.2, -0.15) is 18.3 Å². The van der Waals surface area contributed by atoms with E-state index in [0.717, 1.165) is 36.1 Å². The van der Waals surface area contributed by atoms with Crippen LogP contribution < -0.4 is 10.3 Å². The average Bonchev–Trinajstić information content (AvgIpc) is 3.42. The van der Waals surface area contributed by atoms with Crippen LogP contribution in [0.15, 0.2) is 64.3 Å². The number of hydrogen-bond acceptors (Lipinski definition) is 4. The number of carbonyl (C=O) groups is 2. The molecule has 1 aromatic heterocycles. The summed E-state index contributed by atoms with van der Waals surface area (Å²) in [7, 11) is 0. The fraction of sp³-hybridized carbons (Fsp3) is 0.269. The number of halogens is 3. The van der Waals surface area contributed by atoms with Gasteiger partial charge in [-0.25, -0.2) is 5.43 Å². The van der Waals surface area contributed by atoms with E-state index in [1.807, 2.05) is 19.9 Å². The van der Waals surface area contributed by atoms with Gasteiger partial charge in [0.05, 0.1) is 17.5 Å². The maximum absolute atomic E-state index is 13.9. The summed E-state index contributed by atoms with van der Waals surface area (Å²) in [4.78, 5) is 27.4. The maximum atomic E-state index is 13.9. The van der Waals surface area contributed by atoms with Crippen LogP contribution in [-0.4, -0.2) is 17.5 Å². The number of nitrogens with zero attached hydrogens (tertiary/aromatic N) is 2. The molecule has 1 aliphatic carbocycles. The van der Waals surface area contributed by atoms with Crippen LogP contribution in [0.3, 0.4) is 0 Å². The van der Waals surface area contributed by atoms with E-state index in [9.17, 15) is 22.8 Å². The lowest BCUT2D eigenvalue weighted by atomic mass is 9.93. The first-order valence-electron chi connectivity index (χ1n) is 11.2. The quantitative estimate of drug-likeness (QED) is 0.380. The van der Waals surface area contributed by atoms with Crippen molar-refractivity contribution in [1.82, 2.24) is 5.43 Å². The first-order chi connectivity index (χ1) is 16.6. The highest BCUT2D eigenvalue weighted by molar-refractivity contribution is 6.25. The van der Waals surface area contributed by atoms with Crippen molar-refractivity contribution in [1.29, 1.82) is 0 Å². The Kier molecular flexibility index (Phi) is 5.50. The minimum atomic E-state index is -4.58. The van der Waals surface area contributed by atoms with Gasteiger partial charge in [0, 0.05) is 11.6 Å². The van der Waals surface area contributed by atoms with Crippen LogP contribution in [0.4, 0.5) is 24.5 Å². The van der Waals surface area contributed by atoms with Gasteiger partial charge in [0.2, 0.25) is 11.8 Å². The molecule has 2 aliphatic rings. The lowest BCUT2D eigenvalue weighted by molar-refractivity contribution is -0.137. The van der Waals surface area contributed by atoms with Crippen molar-refractivity contribution >= 4 is 28.9 Å². The normalized spacial score (nSPS) is 18.1. The van der Waals surface area contributed by atoms with Crippen LogP contribution in [0.25, 0.3) is 0 Å². The lowest BCUT2D eigenvalue weighted by Crippen LogP contribution is -2.30. The molecule has 1 N–H and O–H groups in total. The molecule has 0 saturated heterocycles. The van der Waals surface area contributed by atoms with Gasteiger partial charge in [0.25, 0.3) is 0 Å². The summed E-state index contributed by atoms with van der Waals surface area (Å²) >= 11 is 0. The molecular weight excluding hydrogens is 459 g/mol. The topological polar surface area (TPSA) is 74.9 Å². The van der Waals surface area contributed by atoms with Crippen molar-refractivity contribution in [3.05, 3.63) is 82.8 Å². The molecule has 1 unspecified atom stereocenters. The van der Waals surface area contributed by atoms with E-state index in [0.29, 0.717) is 11.3 Å². The van der Waals surface area contributed by atoms with Crippen LogP contribution >= 0.6 is 0 Å². The minimum absolute atomic E-state index is 0.118. The van der Waals surface area contributed by atoms with Crippen molar-refractivity contribution < 1.29 is 27.2 Å². The fourth-order valence-corrected chi connectivity index (χ4v) is 4.39. The van der Waals surface area contributed by atoms with Crippen molar-refractivity contribution in [3.8, 4) is 0 Å². The second kappa shape index (κ2) is 8.41. The number of rotatable bonds is 5. The molecule has 35 heavy (non-hydrogen) atoms. The zero-order valence-electron chi connectivity index (χ0n) is 19.0. The number of aryl methyl sites for hydroxylation is 2. The third-order valence-corrected chi connectivity index (χ3v) is 6.12. The van der Waals surface area contributed by atoms with E-state index in [1.54, 1.807) is 24.3 Å². The largest absolute Gasteiger partial charge is 0.463 e. The molecule has 0 radical (unpaired) electrons. The molecule has 2 amide bonds. The first kappa shape index (κ1) is 22.9. The number of benzene rings is 2. The second-order valence-electron chi connectivity index (χ2n) is 8.95.